The Labute approximate surface area is 259 Å². The first-order chi connectivity index (χ1) is 21.3. The van der Waals surface area contributed by atoms with Crippen LogP contribution in [-0.4, -0.2) is 18.3 Å². The normalized spacial score (nSPS) is 20.0. The molecule has 1 atom stereocenters. The van der Waals surface area contributed by atoms with E-state index in [0.29, 0.717) is 0 Å². The van der Waals surface area contributed by atoms with E-state index in [-0.39, 0.29) is 0 Å². The smallest absolute Gasteiger partial charge is 0.399 e. The zero-order chi connectivity index (χ0) is 29.8. The van der Waals surface area contributed by atoms with Crippen LogP contribution < -0.4 is 5.46 Å². The maximum Gasteiger partial charge on any atom is 0.494 e. The van der Waals surface area contributed by atoms with E-state index in [4.69, 9.17) is 9.31 Å². The molecule has 6 aromatic rings. The van der Waals surface area contributed by atoms with Gasteiger partial charge in [-0.3, -0.25) is 0 Å². The van der Waals surface area contributed by atoms with Crippen LogP contribution in [0.4, 0.5) is 0 Å². The Morgan fingerprint density at radius 2 is 0.864 bits per heavy atom. The molecule has 0 amide bonds. The second-order valence-corrected chi connectivity index (χ2v) is 13.5. The average Bonchev–Trinajstić information content (AvgIpc) is 3.40. The molecule has 44 heavy (non-hydrogen) atoms. The molecule has 1 aliphatic heterocycles. The van der Waals surface area contributed by atoms with Crippen molar-refractivity contribution in [1.29, 1.82) is 0 Å². The predicted octanol–water partition coefficient (Wildman–Crippen LogP) is 9.15. The first-order valence-corrected chi connectivity index (χ1v) is 15.6. The molecular formula is C41H33BO2. The lowest BCUT2D eigenvalue weighted by molar-refractivity contribution is 0.00578. The SMILES string of the molecule is CC1(C)OB(c2ccc3c(c2)C2(c4ccccc4-c4ccccc4-3)c3ccccc3-c3cc4ccccc4cc32)OC1(C)C. The molecule has 1 fully saturated rings. The summed E-state index contributed by atoms with van der Waals surface area (Å²) in [6, 6.07) is 47.4. The summed E-state index contributed by atoms with van der Waals surface area (Å²) >= 11 is 0. The van der Waals surface area contributed by atoms with Gasteiger partial charge in [0.05, 0.1) is 16.6 Å². The molecule has 1 heterocycles. The van der Waals surface area contributed by atoms with Gasteiger partial charge in [0.1, 0.15) is 0 Å². The van der Waals surface area contributed by atoms with Crippen LogP contribution in [-0.2, 0) is 14.7 Å². The van der Waals surface area contributed by atoms with Gasteiger partial charge in [0, 0.05) is 0 Å². The summed E-state index contributed by atoms with van der Waals surface area (Å²) in [6.45, 7) is 8.50. The maximum atomic E-state index is 6.64. The fourth-order valence-corrected chi connectivity index (χ4v) is 7.92. The molecule has 0 bridgehead atoms. The summed E-state index contributed by atoms with van der Waals surface area (Å²) in [5.41, 5.74) is 12.5. The summed E-state index contributed by atoms with van der Waals surface area (Å²) in [7, 11) is -0.455. The Kier molecular flexibility index (Phi) is 5.21. The minimum atomic E-state index is -0.541. The van der Waals surface area contributed by atoms with E-state index in [1.165, 1.54) is 66.4 Å². The van der Waals surface area contributed by atoms with Gasteiger partial charge >= 0.3 is 7.12 Å². The van der Waals surface area contributed by atoms with Gasteiger partial charge in [0.2, 0.25) is 0 Å². The quantitative estimate of drug-likeness (QED) is 0.184. The molecule has 6 aromatic carbocycles. The van der Waals surface area contributed by atoms with Crippen LogP contribution in [0.2, 0.25) is 0 Å². The first kappa shape index (κ1) is 26.0. The fraction of sp³-hybridized carbons (Fsp3) is 0.171. The van der Waals surface area contributed by atoms with Crippen LogP contribution in [0.3, 0.4) is 0 Å². The summed E-state index contributed by atoms with van der Waals surface area (Å²) in [6.07, 6.45) is 0. The van der Waals surface area contributed by atoms with E-state index >= 15 is 0 Å². The fourth-order valence-electron chi connectivity index (χ4n) is 7.92. The van der Waals surface area contributed by atoms with Crippen LogP contribution in [0.15, 0.2) is 127 Å². The van der Waals surface area contributed by atoms with Crippen LogP contribution in [0.5, 0.6) is 0 Å². The monoisotopic (exact) mass is 568 g/mol. The lowest BCUT2D eigenvalue weighted by atomic mass is 9.64. The molecule has 3 heteroatoms. The third-order valence-corrected chi connectivity index (χ3v) is 10.7. The van der Waals surface area contributed by atoms with Crippen molar-refractivity contribution < 1.29 is 9.31 Å². The lowest BCUT2D eigenvalue weighted by Gasteiger charge is -2.36. The summed E-state index contributed by atoms with van der Waals surface area (Å²) in [5, 5.41) is 2.51. The van der Waals surface area contributed by atoms with Crippen LogP contribution >= 0.6 is 0 Å². The van der Waals surface area contributed by atoms with Gasteiger partial charge in [-0.2, -0.15) is 0 Å². The van der Waals surface area contributed by atoms with Crippen molar-refractivity contribution in [2.75, 3.05) is 0 Å². The molecule has 2 aliphatic carbocycles. The minimum Gasteiger partial charge on any atom is -0.399 e. The Bertz CT molecular complexity index is 2140. The van der Waals surface area contributed by atoms with Crippen molar-refractivity contribution in [3.05, 3.63) is 150 Å². The molecule has 1 saturated heterocycles. The number of hydrogen-bond donors (Lipinski definition) is 0. The molecule has 0 N–H and O–H groups in total. The average molecular weight is 569 g/mol. The van der Waals surface area contributed by atoms with E-state index in [0.717, 1.165) is 5.46 Å². The van der Waals surface area contributed by atoms with Gasteiger partial charge in [-0.25, -0.2) is 0 Å². The van der Waals surface area contributed by atoms with Crippen molar-refractivity contribution in [2.45, 2.75) is 44.3 Å². The molecule has 0 saturated carbocycles. The highest BCUT2D eigenvalue weighted by molar-refractivity contribution is 6.62. The standard InChI is InChI=1S/C41H33BO2/c1-39(2)40(3,4)44-42(43-39)28-21-22-33-30-16-8-7-15-29(30)31-17-9-11-19-35(31)41(38(33)25-28)36-20-12-10-18-32(36)34-23-26-13-5-6-14-27(26)24-37(34)41/h5-25H,1-4H3. The van der Waals surface area contributed by atoms with Gasteiger partial charge in [-0.15, -0.1) is 0 Å². The molecule has 9 rings (SSSR count). The number of fused-ring (bicyclic) bond motifs is 13. The summed E-state index contributed by atoms with van der Waals surface area (Å²) in [4.78, 5) is 0. The van der Waals surface area contributed by atoms with Crippen molar-refractivity contribution in [1.82, 2.24) is 0 Å². The Morgan fingerprint density at radius 1 is 0.409 bits per heavy atom. The van der Waals surface area contributed by atoms with Gasteiger partial charge in [-0.05, 0) is 112 Å². The lowest BCUT2D eigenvalue weighted by Crippen LogP contribution is -2.41. The van der Waals surface area contributed by atoms with Gasteiger partial charge in [0.15, 0.2) is 0 Å². The highest BCUT2D eigenvalue weighted by atomic mass is 16.7. The van der Waals surface area contributed by atoms with E-state index < -0.39 is 23.7 Å². The zero-order valence-corrected chi connectivity index (χ0v) is 25.5. The van der Waals surface area contributed by atoms with Crippen LogP contribution in [0.25, 0.3) is 44.2 Å². The molecule has 0 aromatic heterocycles. The molecule has 1 spiro atoms. The zero-order valence-electron chi connectivity index (χ0n) is 25.5. The molecular weight excluding hydrogens is 535 g/mol. The van der Waals surface area contributed by atoms with Crippen molar-refractivity contribution >= 4 is 23.4 Å². The van der Waals surface area contributed by atoms with Crippen molar-refractivity contribution in [2.24, 2.45) is 0 Å². The predicted molar refractivity (Wildman–Crippen MR) is 181 cm³/mol. The van der Waals surface area contributed by atoms with E-state index in [1.807, 2.05) is 0 Å². The molecule has 3 aliphatic rings. The van der Waals surface area contributed by atoms with E-state index in [9.17, 15) is 0 Å². The summed E-state index contributed by atoms with van der Waals surface area (Å²) < 4.78 is 13.3. The van der Waals surface area contributed by atoms with Gasteiger partial charge in [-0.1, -0.05) is 115 Å². The number of rotatable bonds is 1. The summed E-state index contributed by atoms with van der Waals surface area (Å²) in [5.74, 6) is 0. The number of benzene rings is 6. The van der Waals surface area contributed by atoms with Crippen LogP contribution in [0.1, 0.15) is 49.9 Å². The van der Waals surface area contributed by atoms with E-state index in [2.05, 4.69) is 155 Å². The Morgan fingerprint density at radius 3 is 1.48 bits per heavy atom. The second kappa shape index (κ2) is 8.82. The Hall–Kier alpha value is -4.44. The third-order valence-electron chi connectivity index (χ3n) is 10.7. The number of hydrogen-bond acceptors (Lipinski definition) is 2. The van der Waals surface area contributed by atoms with Gasteiger partial charge in [0.25, 0.3) is 0 Å². The van der Waals surface area contributed by atoms with Gasteiger partial charge < -0.3 is 9.31 Å². The molecule has 0 radical (unpaired) electrons. The highest BCUT2D eigenvalue weighted by Crippen LogP contribution is 2.61. The highest BCUT2D eigenvalue weighted by Gasteiger charge is 2.53. The van der Waals surface area contributed by atoms with Crippen molar-refractivity contribution in [3.63, 3.8) is 0 Å². The maximum absolute atomic E-state index is 6.64. The topological polar surface area (TPSA) is 18.5 Å². The second-order valence-electron chi connectivity index (χ2n) is 13.5. The third kappa shape index (κ3) is 3.29. The van der Waals surface area contributed by atoms with Crippen molar-refractivity contribution in [3.8, 4) is 33.4 Å². The largest absolute Gasteiger partial charge is 0.494 e. The Balaban J connectivity index is 1.45. The molecule has 2 nitrogen and oxygen atoms in total. The molecule has 212 valence electrons. The van der Waals surface area contributed by atoms with Crippen LogP contribution in [0, 0.1) is 0 Å². The molecule has 1 unspecified atom stereocenters. The van der Waals surface area contributed by atoms with E-state index in [1.54, 1.807) is 0 Å². The minimum absolute atomic E-state index is 0.424. The first-order valence-electron chi connectivity index (χ1n) is 15.6.